The van der Waals surface area contributed by atoms with Crippen LogP contribution in [0.15, 0.2) is 36.4 Å². The Hall–Kier alpha value is -3.90. The second-order valence-corrected chi connectivity index (χ2v) is 16.6. The summed E-state index contributed by atoms with van der Waals surface area (Å²) in [6.45, 7) is 6.90. The second-order valence-electron chi connectivity index (χ2n) is 16.6. The number of ether oxygens (including phenoxy) is 4. The Balaban J connectivity index is 1.26. The predicted octanol–water partition coefficient (Wildman–Crippen LogP) is 8.42. The summed E-state index contributed by atoms with van der Waals surface area (Å²) in [5, 5.41) is 42.6. The number of aliphatic hydroxyl groups is 3. The molecule has 2 heterocycles. The van der Waals surface area contributed by atoms with Gasteiger partial charge in [-0.15, -0.1) is 0 Å². The van der Waals surface area contributed by atoms with Crippen molar-refractivity contribution < 1.29 is 39.4 Å². The van der Waals surface area contributed by atoms with Crippen LogP contribution in [-0.2, 0) is 19.3 Å². The van der Waals surface area contributed by atoms with Crippen LogP contribution < -0.4 is 18.9 Å². The first-order valence-corrected chi connectivity index (χ1v) is 20.3. The van der Waals surface area contributed by atoms with E-state index in [0.717, 1.165) is 103 Å². The number of methoxy groups -OCH3 is 1. The first-order valence-electron chi connectivity index (χ1n) is 20.3. The van der Waals surface area contributed by atoms with Crippen LogP contribution in [0.1, 0.15) is 118 Å². The van der Waals surface area contributed by atoms with Crippen LogP contribution in [0.2, 0.25) is 0 Å². The van der Waals surface area contributed by atoms with E-state index in [-0.39, 0.29) is 37.1 Å². The Labute approximate surface area is 320 Å². The molecular formula is C46H58O8. The smallest absolute Gasteiger partial charge is 0.182 e. The van der Waals surface area contributed by atoms with E-state index < -0.39 is 12.2 Å². The van der Waals surface area contributed by atoms with E-state index in [2.05, 4.69) is 38.9 Å². The van der Waals surface area contributed by atoms with Crippen molar-refractivity contribution in [3.8, 4) is 51.9 Å². The third-order valence-electron chi connectivity index (χ3n) is 12.5. The van der Waals surface area contributed by atoms with E-state index in [4.69, 9.17) is 18.9 Å². The second kappa shape index (κ2) is 16.9. The molecule has 7 atom stereocenters. The lowest BCUT2D eigenvalue weighted by Gasteiger charge is -2.38. The molecule has 0 radical (unpaired) electrons. The quantitative estimate of drug-likeness (QED) is 0.137. The largest absolute Gasteiger partial charge is 0.508 e. The van der Waals surface area contributed by atoms with Crippen LogP contribution in [0.4, 0.5) is 0 Å². The summed E-state index contributed by atoms with van der Waals surface area (Å²) in [5.74, 6) is 7.55. The normalized spacial score (nSPS) is 24.6. The first kappa shape index (κ1) is 38.4. The number of benzene rings is 3. The molecule has 7 rings (SSSR count). The number of aliphatic hydroxyl groups excluding tert-OH is 3. The zero-order valence-electron chi connectivity index (χ0n) is 32.4. The Morgan fingerprint density at radius 2 is 1.83 bits per heavy atom. The average Bonchev–Trinajstić information content (AvgIpc) is 3.25. The zero-order valence-corrected chi connectivity index (χ0v) is 32.4. The highest BCUT2D eigenvalue weighted by Gasteiger charge is 2.39. The van der Waals surface area contributed by atoms with Crippen LogP contribution in [0.25, 0.3) is 11.1 Å². The third-order valence-corrected chi connectivity index (χ3v) is 12.5. The SMILES string of the molecule is CC[C@H](CCCO)CC[C@@H]1Cc2cc(O)c(CC(C)C)cc2-c2c(OC)cc3c(c21)C[C@@H](O)[C@H](c1ccc2c(c1)O[C@H]1C[C@@H](CO)CC[C@@H]1CC#CO2)O3. The van der Waals surface area contributed by atoms with Crippen molar-refractivity contribution in [1.82, 2.24) is 0 Å². The summed E-state index contributed by atoms with van der Waals surface area (Å²) in [7, 11) is 1.70. The summed E-state index contributed by atoms with van der Waals surface area (Å²) >= 11 is 0. The number of aromatic hydroxyl groups is 1. The van der Waals surface area contributed by atoms with Crippen LogP contribution in [-0.4, -0.2) is 53.0 Å². The molecule has 0 spiro atoms. The Morgan fingerprint density at radius 1 is 0.981 bits per heavy atom. The molecule has 8 nitrogen and oxygen atoms in total. The number of phenols is 1. The van der Waals surface area contributed by atoms with Crippen LogP contribution in [0.5, 0.6) is 28.7 Å². The number of rotatable bonds is 12. The van der Waals surface area contributed by atoms with E-state index >= 15 is 0 Å². The van der Waals surface area contributed by atoms with Gasteiger partial charge in [0.1, 0.15) is 35.6 Å². The molecule has 290 valence electrons. The summed E-state index contributed by atoms with van der Waals surface area (Å²) in [5.41, 5.74) is 7.15. The number of hydrogen-bond acceptors (Lipinski definition) is 8. The van der Waals surface area contributed by atoms with Crippen molar-refractivity contribution in [3.05, 3.63) is 64.2 Å². The number of hydrogen-bond donors (Lipinski definition) is 4. The van der Waals surface area contributed by atoms with Crippen LogP contribution in [0.3, 0.4) is 0 Å². The van der Waals surface area contributed by atoms with Crippen molar-refractivity contribution in [1.29, 1.82) is 0 Å². The van der Waals surface area contributed by atoms with E-state index in [9.17, 15) is 20.4 Å². The minimum Gasteiger partial charge on any atom is -0.508 e. The standard InChI is InChI=1S/C46H58O8/c1-5-28(8-6-16-47)10-13-31-20-33-22-37(49)34(18-27(2)3)21-35(33)45-43(51-4)25-41-36(44(31)45)24-38(50)46(54-41)32-14-15-39-42(23-32)53-40-19-29(26-48)11-12-30(40)9-7-17-52-39/h14-15,21-23,25,27-31,38,40,46-50H,5-6,8-13,16,18-20,24,26H2,1-4H3/t28-,29+,30+,31-,38-,40+,46+/m1/s1. The molecule has 8 heteroatoms. The maximum Gasteiger partial charge on any atom is 0.182 e. The lowest BCUT2D eigenvalue weighted by Crippen LogP contribution is -2.35. The molecule has 0 bridgehead atoms. The van der Waals surface area contributed by atoms with Crippen LogP contribution in [0, 0.1) is 35.7 Å². The van der Waals surface area contributed by atoms with E-state index in [1.807, 2.05) is 30.3 Å². The van der Waals surface area contributed by atoms with Gasteiger partial charge in [-0.2, -0.15) is 0 Å². The molecule has 2 aliphatic heterocycles. The fraction of sp³-hybridized carbons (Fsp3) is 0.565. The predicted molar refractivity (Wildman–Crippen MR) is 209 cm³/mol. The van der Waals surface area contributed by atoms with E-state index in [1.165, 1.54) is 5.56 Å². The monoisotopic (exact) mass is 738 g/mol. The van der Waals surface area contributed by atoms with Crippen molar-refractivity contribution in [2.75, 3.05) is 20.3 Å². The highest BCUT2D eigenvalue weighted by atomic mass is 16.5. The van der Waals surface area contributed by atoms with E-state index in [0.29, 0.717) is 47.7 Å². The Bertz CT molecular complexity index is 1860. The van der Waals surface area contributed by atoms with Gasteiger partial charge in [0.2, 0.25) is 0 Å². The molecule has 1 fully saturated rings. The van der Waals surface area contributed by atoms with Gasteiger partial charge in [0.25, 0.3) is 0 Å². The maximum absolute atomic E-state index is 12.0. The minimum absolute atomic E-state index is 0.0895. The van der Waals surface area contributed by atoms with Crippen molar-refractivity contribution >= 4 is 0 Å². The first-order chi connectivity index (χ1) is 26.2. The molecule has 54 heavy (non-hydrogen) atoms. The maximum atomic E-state index is 12.0. The fourth-order valence-electron chi connectivity index (χ4n) is 9.51. The topological polar surface area (TPSA) is 118 Å². The Morgan fingerprint density at radius 3 is 2.59 bits per heavy atom. The molecule has 3 aromatic rings. The summed E-state index contributed by atoms with van der Waals surface area (Å²) in [6, 6.07) is 11.8. The molecule has 4 N–H and O–H groups in total. The molecule has 4 aliphatic rings. The zero-order chi connectivity index (χ0) is 37.9. The summed E-state index contributed by atoms with van der Waals surface area (Å²) in [4.78, 5) is 0. The highest BCUT2D eigenvalue weighted by Crippen LogP contribution is 2.54. The highest BCUT2D eigenvalue weighted by molar-refractivity contribution is 5.83. The van der Waals surface area contributed by atoms with Gasteiger partial charge in [0, 0.05) is 49.2 Å². The van der Waals surface area contributed by atoms with Crippen LogP contribution >= 0.6 is 0 Å². The lowest BCUT2D eigenvalue weighted by molar-refractivity contribution is 0.0195. The molecule has 0 unspecified atom stereocenters. The minimum atomic E-state index is -0.822. The lowest BCUT2D eigenvalue weighted by atomic mass is 9.71. The molecule has 3 aromatic carbocycles. The molecular weight excluding hydrogens is 680 g/mol. The van der Waals surface area contributed by atoms with Gasteiger partial charge >= 0.3 is 0 Å². The third kappa shape index (κ3) is 7.92. The number of fused-ring (bicyclic) bond motifs is 7. The van der Waals surface area contributed by atoms with Gasteiger partial charge in [-0.05, 0) is 134 Å². The van der Waals surface area contributed by atoms with E-state index in [1.54, 1.807) is 7.11 Å². The van der Waals surface area contributed by atoms with Crippen molar-refractivity contribution in [2.24, 2.45) is 23.7 Å². The number of phenolic OH excluding ortho intramolecular Hbond substituents is 1. The summed E-state index contributed by atoms with van der Waals surface area (Å²) < 4.78 is 25.5. The summed E-state index contributed by atoms with van der Waals surface area (Å²) in [6.07, 6.45) is 11.4. The van der Waals surface area contributed by atoms with Gasteiger partial charge in [-0.1, -0.05) is 39.2 Å². The van der Waals surface area contributed by atoms with Gasteiger partial charge in [0.05, 0.1) is 13.2 Å². The van der Waals surface area contributed by atoms with Gasteiger partial charge < -0.3 is 39.4 Å². The molecule has 1 saturated carbocycles. The van der Waals surface area contributed by atoms with Gasteiger partial charge in [-0.3, -0.25) is 0 Å². The molecule has 0 amide bonds. The average molecular weight is 739 g/mol. The van der Waals surface area contributed by atoms with Crippen molar-refractivity contribution in [2.45, 2.75) is 122 Å². The van der Waals surface area contributed by atoms with Gasteiger partial charge in [-0.25, -0.2) is 0 Å². The molecule has 0 saturated heterocycles. The van der Waals surface area contributed by atoms with Crippen molar-refractivity contribution in [3.63, 3.8) is 0 Å². The molecule has 2 aliphatic carbocycles. The fourth-order valence-corrected chi connectivity index (χ4v) is 9.51. The Kier molecular flexibility index (Phi) is 12.0. The molecule has 0 aromatic heterocycles. The van der Waals surface area contributed by atoms with Gasteiger partial charge in [0.15, 0.2) is 11.5 Å².